The molecule has 0 saturated heterocycles. The predicted octanol–water partition coefficient (Wildman–Crippen LogP) is 4.40. The molecule has 186 valence electrons. The van der Waals surface area contributed by atoms with Crippen LogP contribution in [0.2, 0.25) is 0 Å². The van der Waals surface area contributed by atoms with Gasteiger partial charge in [0.25, 0.3) is 0 Å². The number of carbonyl (C=O) groups is 2. The van der Waals surface area contributed by atoms with Crippen LogP contribution in [0.4, 0.5) is 28.9 Å². The molecule has 2 aromatic carbocycles. The molecule has 0 spiro atoms. The normalized spacial score (nSPS) is 11.6. The molecule has 0 bridgehead atoms. The van der Waals surface area contributed by atoms with Gasteiger partial charge in [0.2, 0.25) is 0 Å². The molecular weight excluding hydrogens is 456 g/mol. The Morgan fingerprint density at radius 3 is 1.29 bits per heavy atom. The third kappa shape index (κ3) is 7.64. The van der Waals surface area contributed by atoms with E-state index >= 15 is 0 Å². The summed E-state index contributed by atoms with van der Waals surface area (Å²) in [5.74, 6) is -11.0. The number of anilines is 2. The molecule has 0 atom stereocenters. The van der Waals surface area contributed by atoms with Crippen LogP contribution in [0.1, 0.15) is 13.8 Å². The van der Waals surface area contributed by atoms with Crippen LogP contribution in [0.15, 0.2) is 60.7 Å². The summed E-state index contributed by atoms with van der Waals surface area (Å²) < 4.78 is 67.1. The topological polar surface area (TPSA) is 59.1 Å². The maximum absolute atomic E-state index is 14.5. The Balaban J connectivity index is 2.28. The molecule has 10 heteroatoms. The lowest BCUT2D eigenvalue weighted by atomic mass is 10.2. The second-order valence-electron chi connectivity index (χ2n) is 7.36. The van der Waals surface area contributed by atoms with Gasteiger partial charge in [-0.15, -0.1) is 0 Å². The predicted molar refractivity (Wildman–Crippen MR) is 120 cm³/mol. The molecule has 0 aliphatic heterocycles. The van der Waals surface area contributed by atoms with Gasteiger partial charge in [-0.3, -0.25) is 0 Å². The van der Waals surface area contributed by atoms with Gasteiger partial charge in [-0.2, -0.15) is 17.6 Å². The second-order valence-corrected chi connectivity index (χ2v) is 7.36. The Bertz CT molecular complexity index is 838. The molecule has 0 unspecified atom stereocenters. The number of esters is 2. The maximum atomic E-state index is 14.5. The van der Waals surface area contributed by atoms with Crippen molar-refractivity contribution in [3.05, 3.63) is 60.7 Å². The Morgan fingerprint density at radius 1 is 0.676 bits per heavy atom. The minimum atomic E-state index is -3.82. The van der Waals surface area contributed by atoms with E-state index in [1.807, 2.05) is 0 Å². The van der Waals surface area contributed by atoms with Gasteiger partial charge < -0.3 is 19.3 Å². The van der Waals surface area contributed by atoms with Gasteiger partial charge in [0.1, 0.15) is 0 Å². The summed E-state index contributed by atoms with van der Waals surface area (Å²) in [5.41, 5.74) is 0.744. The SMILES string of the molecule is CCOC(=O)C(F)(F)CN(CCN(CC(F)(F)C(=O)OCC)c1ccccc1)c1ccccc1. The minimum absolute atomic E-state index is 0.146. The van der Waals surface area contributed by atoms with E-state index in [4.69, 9.17) is 0 Å². The third-order valence-corrected chi connectivity index (χ3v) is 4.81. The molecule has 0 aliphatic carbocycles. The summed E-state index contributed by atoms with van der Waals surface area (Å²) in [6, 6.07) is 16.2. The summed E-state index contributed by atoms with van der Waals surface area (Å²) in [6.45, 7) is 0.128. The van der Waals surface area contributed by atoms with Crippen molar-refractivity contribution in [2.24, 2.45) is 0 Å². The maximum Gasteiger partial charge on any atom is 0.378 e. The van der Waals surface area contributed by atoms with E-state index in [1.54, 1.807) is 60.7 Å². The van der Waals surface area contributed by atoms with Gasteiger partial charge in [-0.25, -0.2) is 9.59 Å². The van der Waals surface area contributed by atoms with Gasteiger partial charge in [0, 0.05) is 24.5 Å². The van der Waals surface area contributed by atoms with Crippen molar-refractivity contribution in [3.8, 4) is 0 Å². The molecule has 2 rings (SSSR count). The van der Waals surface area contributed by atoms with Crippen LogP contribution < -0.4 is 9.80 Å². The standard InChI is InChI=1S/C24H28F4N2O4/c1-3-33-21(31)23(25,26)17-29(19-11-7-5-8-12-19)15-16-30(20-13-9-6-10-14-20)18-24(27,28)22(32)34-4-2/h5-14H,3-4,15-18H2,1-2H3. The van der Waals surface area contributed by atoms with Gasteiger partial charge in [0.05, 0.1) is 26.3 Å². The zero-order valence-electron chi connectivity index (χ0n) is 19.1. The Kier molecular flexibility index (Phi) is 9.70. The summed E-state index contributed by atoms with van der Waals surface area (Å²) >= 11 is 0. The molecule has 0 fully saturated rings. The van der Waals surface area contributed by atoms with Crippen molar-refractivity contribution >= 4 is 23.3 Å². The number of alkyl halides is 4. The molecular formula is C24H28F4N2O4. The Morgan fingerprint density at radius 2 is 1.00 bits per heavy atom. The highest BCUT2D eigenvalue weighted by Gasteiger charge is 2.44. The highest BCUT2D eigenvalue weighted by Crippen LogP contribution is 2.25. The lowest BCUT2D eigenvalue weighted by Crippen LogP contribution is -2.49. The minimum Gasteiger partial charge on any atom is -0.462 e. The molecule has 0 aromatic heterocycles. The van der Waals surface area contributed by atoms with Crippen LogP contribution in [0, 0.1) is 0 Å². The molecule has 2 aromatic rings. The van der Waals surface area contributed by atoms with Crippen LogP contribution in [0.25, 0.3) is 0 Å². The number of hydrogen-bond acceptors (Lipinski definition) is 6. The largest absolute Gasteiger partial charge is 0.462 e. The first-order valence-corrected chi connectivity index (χ1v) is 10.8. The van der Waals surface area contributed by atoms with Gasteiger partial charge in [-0.1, -0.05) is 36.4 Å². The van der Waals surface area contributed by atoms with Crippen molar-refractivity contribution in [1.82, 2.24) is 0 Å². The lowest BCUT2D eigenvalue weighted by Gasteiger charge is -2.33. The first kappa shape index (κ1) is 26.9. The molecule has 0 N–H and O–H groups in total. The van der Waals surface area contributed by atoms with Crippen LogP contribution in [-0.4, -0.2) is 63.2 Å². The number of halogens is 4. The van der Waals surface area contributed by atoms with Crippen molar-refractivity contribution in [1.29, 1.82) is 0 Å². The average Bonchev–Trinajstić information content (AvgIpc) is 2.82. The number of ether oxygens (including phenoxy) is 2. The number of carbonyl (C=O) groups excluding carboxylic acids is 2. The molecule has 0 heterocycles. The Hall–Kier alpha value is -3.30. The fraction of sp³-hybridized carbons (Fsp3) is 0.417. The number of rotatable bonds is 13. The highest BCUT2D eigenvalue weighted by atomic mass is 19.3. The van der Waals surface area contributed by atoms with Gasteiger partial charge in [-0.05, 0) is 38.1 Å². The van der Waals surface area contributed by atoms with E-state index in [0.717, 1.165) is 0 Å². The summed E-state index contributed by atoms with van der Waals surface area (Å²) in [7, 11) is 0. The summed E-state index contributed by atoms with van der Waals surface area (Å²) in [5, 5.41) is 0. The van der Waals surface area contributed by atoms with E-state index in [0.29, 0.717) is 11.4 Å². The van der Waals surface area contributed by atoms with E-state index in [2.05, 4.69) is 9.47 Å². The number of hydrogen-bond donors (Lipinski definition) is 0. The fourth-order valence-corrected chi connectivity index (χ4v) is 3.20. The highest BCUT2D eigenvalue weighted by molar-refractivity contribution is 5.79. The monoisotopic (exact) mass is 484 g/mol. The quantitative estimate of drug-likeness (QED) is 0.310. The van der Waals surface area contributed by atoms with Crippen LogP contribution >= 0.6 is 0 Å². The zero-order chi connectivity index (χ0) is 25.2. The van der Waals surface area contributed by atoms with E-state index < -0.39 is 36.9 Å². The zero-order valence-corrected chi connectivity index (χ0v) is 19.1. The second kappa shape index (κ2) is 12.2. The fourth-order valence-electron chi connectivity index (χ4n) is 3.20. The molecule has 0 aliphatic rings. The van der Waals surface area contributed by atoms with Gasteiger partial charge in [0.15, 0.2) is 0 Å². The van der Waals surface area contributed by atoms with Crippen LogP contribution in [0.3, 0.4) is 0 Å². The number of benzene rings is 2. The smallest absolute Gasteiger partial charge is 0.378 e. The van der Waals surface area contributed by atoms with E-state index in [1.165, 1.54) is 23.6 Å². The average molecular weight is 484 g/mol. The van der Waals surface area contributed by atoms with Crippen molar-refractivity contribution < 1.29 is 36.6 Å². The van der Waals surface area contributed by atoms with Crippen molar-refractivity contribution in [3.63, 3.8) is 0 Å². The van der Waals surface area contributed by atoms with Gasteiger partial charge >= 0.3 is 23.8 Å². The molecule has 0 radical (unpaired) electrons. The molecule has 34 heavy (non-hydrogen) atoms. The van der Waals surface area contributed by atoms with Crippen LogP contribution in [-0.2, 0) is 19.1 Å². The molecule has 6 nitrogen and oxygen atoms in total. The van der Waals surface area contributed by atoms with Crippen molar-refractivity contribution in [2.75, 3.05) is 49.2 Å². The first-order valence-electron chi connectivity index (χ1n) is 10.8. The summed E-state index contributed by atoms with van der Waals surface area (Å²) in [4.78, 5) is 25.9. The summed E-state index contributed by atoms with van der Waals surface area (Å²) in [6.07, 6.45) is 0. The third-order valence-electron chi connectivity index (χ3n) is 4.81. The number of nitrogens with zero attached hydrogens (tertiary/aromatic N) is 2. The van der Waals surface area contributed by atoms with E-state index in [9.17, 15) is 27.2 Å². The first-order chi connectivity index (χ1) is 16.1. The molecule has 0 saturated carbocycles. The van der Waals surface area contributed by atoms with E-state index in [-0.39, 0.29) is 26.3 Å². The Labute approximate surface area is 196 Å². The van der Waals surface area contributed by atoms with Crippen LogP contribution in [0.5, 0.6) is 0 Å². The lowest BCUT2D eigenvalue weighted by molar-refractivity contribution is -0.170. The van der Waals surface area contributed by atoms with Crippen molar-refractivity contribution in [2.45, 2.75) is 25.7 Å². The molecule has 0 amide bonds. The number of para-hydroxylation sites is 2.